The van der Waals surface area contributed by atoms with Gasteiger partial charge in [0.2, 0.25) is 0 Å². The molecule has 3 aromatic rings. The normalized spacial score (nSPS) is 11.0. The van der Waals surface area contributed by atoms with Gasteiger partial charge in [-0.15, -0.1) is 0 Å². The lowest BCUT2D eigenvalue weighted by Gasteiger charge is -2.02. The minimum atomic E-state index is -0.660. The van der Waals surface area contributed by atoms with Crippen LogP contribution in [-0.4, -0.2) is 0 Å². The largest absolute Gasteiger partial charge is 0.456 e. The van der Waals surface area contributed by atoms with Crippen LogP contribution in [0, 0.1) is 11.6 Å². The molecule has 0 amide bonds. The van der Waals surface area contributed by atoms with E-state index in [9.17, 15) is 8.78 Å². The molecule has 90 valence electrons. The Morgan fingerprint density at radius 2 is 1.72 bits per heavy atom. The van der Waals surface area contributed by atoms with Gasteiger partial charge in [-0.25, -0.2) is 8.78 Å². The molecule has 18 heavy (non-hydrogen) atoms. The Morgan fingerprint density at radius 3 is 2.50 bits per heavy atom. The number of fused-ring (bicyclic) bond motifs is 1. The van der Waals surface area contributed by atoms with Crippen molar-refractivity contribution >= 4 is 16.7 Å². The molecule has 0 unspecified atom stereocenters. The quantitative estimate of drug-likeness (QED) is 0.659. The maximum atomic E-state index is 13.7. The van der Waals surface area contributed by atoms with Crippen LogP contribution < -0.4 is 5.73 Å². The zero-order valence-electron chi connectivity index (χ0n) is 9.28. The Labute approximate surface area is 102 Å². The van der Waals surface area contributed by atoms with Gasteiger partial charge in [0.1, 0.15) is 23.0 Å². The van der Waals surface area contributed by atoms with Crippen LogP contribution in [0.3, 0.4) is 0 Å². The summed E-state index contributed by atoms with van der Waals surface area (Å²) in [6.07, 6.45) is 0. The van der Waals surface area contributed by atoms with Crippen LogP contribution in [0.1, 0.15) is 0 Å². The van der Waals surface area contributed by atoms with E-state index in [2.05, 4.69) is 0 Å². The van der Waals surface area contributed by atoms with Gasteiger partial charge in [0.15, 0.2) is 0 Å². The molecule has 0 atom stereocenters. The summed E-state index contributed by atoms with van der Waals surface area (Å²) < 4.78 is 32.6. The fraction of sp³-hybridized carbons (Fsp3) is 0. The molecule has 0 spiro atoms. The Kier molecular flexibility index (Phi) is 2.30. The van der Waals surface area contributed by atoms with Crippen molar-refractivity contribution in [2.24, 2.45) is 0 Å². The second-order valence-corrected chi connectivity index (χ2v) is 4.00. The Balaban J connectivity index is 2.22. The van der Waals surface area contributed by atoms with Crippen LogP contribution >= 0.6 is 0 Å². The second kappa shape index (κ2) is 3.84. The Bertz CT molecular complexity index is 701. The first-order chi connectivity index (χ1) is 8.65. The molecule has 2 aromatic carbocycles. The zero-order valence-corrected chi connectivity index (χ0v) is 9.28. The van der Waals surface area contributed by atoms with Gasteiger partial charge in [-0.3, -0.25) is 0 Å². The number of hydrogen-bond acceptors (Lipinski definition) is 2. The van der Waals surface area contributed by atoms with Crippen LogP contribution in [0.25, 0.3) is 22.3 Å². The van der Waals surface area contributed by atoms with Crippen LogP contribution in [0.2, 0.25) is 0 Å². The lowest BCUT2D eigenvalue weighted by Crippen LogP contribution is -1.93. The highest BCUT2D eigenvalue weighted by molar-refractivity contribution is 5.83. The number of anilines is 1. The molecular weight excluding hydrogens is 236 g/mol. The van der Waals surface area contributed by atoms with Crippen LogP contribution in [0.4, 0.5) is 14.5 Å². The van der Waals surface area contributed by atoms with Crippen molar-refractivity contribution in [2.75, 3.05) is 5.73 Å². The van der Waals surface area contributed by atoms with Crippen molar-refractivity contribution in [2.45, 2.75) is 0 Å². The molecule has 0 radical (unpaired) electrons. The van der Waals surface area contributed by atoms with Crippen molar-refractivity contribution < 1.29 is 13.2 Å². The predicted octanol–water partition coefficient (Wildman–Crippen LogP) is 3.96. The highest BCUT2D eigenvalue weighted by Gasteiger charge is 2.13. The van der Waals surface area contributed by atoms with Crippen molar-refractivity contribution in [1.29, 1.82) is 0 Å². The van der Waals surface area contributed by atoms with E-state index in [0.29, 0.717) is 5.58 Å². The van der Waals surface area contributed by atoms with Crippen LogP contribution in [0.15, 0.2) is 46.9 Å². The summed E-state index contributed by atoms with van der Waals surface area (Å²) in [6.45, 7) is 0. The zero-order chi connectivity index (χ0) is 12.7. The summed E-state index contributed by atoms with van der Waals surface area (Å²) in [5.41, 5.74) is 5.78. The van der Waals surface area contributed by atoms with Gasteiger partial charge < -0.3 is 10.2 Å². The van der Waals surface area contributed by atoms with E-state index in [0.717, 1.165) is 17.5 Å². The van der Waals surface area contributed by atoms with E-state index >= 15 is 0 Å². The number of hydrogen-bond donors (Lipinski definition) is 1. The maximum Gasteiger partial charge on any atom is 0.147 e. The number of furan rings is 1. The maximum absolute atomic E-state index is 13.7. The fourth-order valence-electron chi connectivity index (χ4n) is 1.87. The van der Waals surface area contributed by atoms with Crippen molar-refractivity contribution in [1.82, 2.24) is 0 Å². The third-order valence-electron chi connectivity index (χ3n) is 2.78. The van der Waals surface area contributed by atoms with E-state index in [1.165, 1.54) is 0 Å². The Hall–Kier alpha value is -2.36. The van der Waals surface area contributed by atoms with E-state index in [1.807, 2.05) is 18.2 Å². The third kappa shape index (κ3) is 1.62. The molecule has 1 aromatic heterocycles. The summed E-state index contributed by atoms with van der Waals surface area (Å²) >= 11 is 0. The smallest absolute Gasteiger partial charge is 0.147 e. The third-order valence-corrected chi connectivity index (χ3v) is 2.78. The van der Waals surface area contributed by atoms with E-state index in [1.54, 1.807) is 12.1 Å². The van der Waals surface area contributed by atoms with Crippen LogP contribution in [-0.2, 0) is 0 Å². The van der Waals surface area contributed by atoms with Gasteiger partial charge >= 0.3 is 0 Å². The molecule has 2 N–H and O–H groups in total. The number of nitrogens with two attached hydrogens (primary N) is 1. The molecule has 0 fully saturated rings. The van der Waals surface area contributed by atoms with Crippen LogP contribution in [0.5, 0.6) is 0 Å². The summed E-state index contributed by atoms with van der Waals surface area (Å²) in [7, 11) is 0. The molecule has 1 heterocycles. The highest BCUT2D eigenvalue weighted by atomic mass is 19.1. The van der Waals surface area contributed by atoms with Gasteiger partial charge in [0.25, 0.3) is 0 Å². The molecule has 0 aliphatic carbocycles. The van der Waals surface area contributed by atoms with Gasteiger partial charge in [-0.2, -0.15) is 0 Å². The fourth-order valence-corrected chi connectivity index (χ4v) is 1.87. The number of rotatable bonds is 1. The SMILES string of the molecule is Nc1cc(F)c(-c2cc3ccccc3o2)cc1F. The molecule has 0 saturated carbocycles. The summed E-state index contributed by atoms with van der Waals surface area (Å²) in [5.74, 6) is -0.979. The van der Waals surface area contributed by atoms with E-state index in [-0.39, 0.29) is 17.0 Å². The number of para-hydroxylation sites is 1. The van der Waals surface area contributed by atoms with E-state index in [4.69, 9.17) is 10.2 Å². The standard InChI is InChI=1S/C14H9F2NO/c15-10-7-12(17)11(16)6-9(10)14-5-8-3-1-2-4-13(8)18-14/h1-7H,17H2. The minimum absolute atomic E-state index is 0.0675. The highest BCUT2D eigenvalue weighted by Crippen LogP contribution is 2.31. The molecular formula is C14H9F2NO. The summed E-state index contributed by atoms with van der Waals surface area (Å²) in [4.78, 5) is 0. The summed E-state index contributed by atoms with van der Waals surface area (Å²) in [6, 6.07) is 10.9. The first kappa shape index (κ1) is 10.8. The topological polar surface area (TPSA) is 39.2 Å². The second-order valence-electron chi connectivity index (χ2n) is 4.00. The van der Waals surface area contributed by atoms with Crippen molar-refractivity contribution in [3.63, 3.8) is 0 Å². The molecule has 4 heteroatoms. The lowest BCUT2D eigenvalue weighted by atomic mass is 10.1. The van der Waals surface area contributed by atoms with Gasteiger partial charge in [0.05, 0.1) is 11.3 Å². The van der Waals surface area contributed by atoms with Gasteiger partial charge in [-0.1, -0.05) is 18.2 Å². The van der Waals surface area contributed by atoms with Crippen molar-refractivity contribution in [3.05, 3.63) is 54.1 Å². The molecule has 0 bridgehead atoms. The van der Waals surface area contributed by atoms with E-state index < -0.39 is 11.6 Å². The average molecular weight is 245 g/mol. The summed E-state index contributed by atoms with van der Waals surface area (Å²) in [5, 5.41) is 0.837. The molecule has 0 aliphatic heterocycles. The lowest BCUT2D eigenvalue weighted by molar-refractivity contribution is 0.588. The van der Waals surface area contributed by atoms with Crippen molar-refractivity contribution in [3.8, 4) is 11.3 Å². The molecule has 0 aliphatic rings. The minimum Gasteiger partial charge on any atom is -0.456 e. The number of benzene rings is 2. The predicted molar refractivity (Wildman–Crippen MR) is 66.0 cm³/mol. The first-order valence-electron chi connectivity index (χ1n) is 5.38. The Morgan fingerprint density at radius 1 is 0.944 bits per heavy atom. The number of nitrogen functional groups attached to an aromatic ring is 1. The monoisotopic (exact) mass is 245 g/mol. The first-order valence-corrected chi connectivity index (χ1v) is 5.38. The van der Waals surface area contributed by atoms with Gasteiger partial charge in [0, 0.05) is 11.5 Å². The molecule has 0 saturated heterocycles. The molecule has 2 nitrogen and oxygen atoms in total. The molecule has 3 rings (SSSR count). The number of halogens is 2. The average Bonchev–Trinajstić information content (AvgIpc) is 2.77. The van der Waals surface area contributed by atoms with Gasteiger partial charge in [-0.05, 0) is 18.2 Å².